The van der Waals surface area contributed by atoms with Crippen LogP contribution in [0.1, 0.15) is 11.7 Å². The number of fused-ring (bicyclic) bond motifs is 1. The molecule has 0 spiro atoms. The monoisotopic (exact) mass is 187 g/mol. The maximum atomic E-state index is 10.9. The molecule has 14 heavy (non-hydrogen) atoms. The Morgan fingerprint density at radius 2 is 1.93 bits per heavy atom. The summed E-state index contributed by atoms with van der Waals surface area (Å²) in [5, 5.41) is 1.94. The van der Waals surface area contributed by atoms with Crippen molar-refractivity contribution in [1.82, 2.24) is 0 Å². The van der Waals surface area contributed by atoms with E-state index in [2.05, 4.69) is 0 Å². The second-order valence-electron chi connectivity index (χ2n) is 3.03. The normalized spacial score (nSPS) is 11.1. The summed E-state index contributed by atoms with van der Waals surface area (Å²) in [5.41, 5.74) is 0.410. The van der Waals surface area contributed by atoms with Crippen molar-refractivity contribution in [2.45, 2.75) is 0 Å². The highest BCUT2D eigenvalue weighted by molar-refractivity contribution is 5.89. The quantitative estimate of drug-likeness (QED) is 0.675. The zero-order valence-electron chi connectivity index (χ0n) is 8.78. The second kappa shape index (κ2) is 3.50. The molecule has 0 fully saturated rings. The van der Waals surface area contributed by atoms with Crippen molar-refractivity contribution < 1.29 is 10.9 Å². The van der Waals surface area contributed by atoms with Gasteiger partial charge in [0.05, 0.1) is 7.11 Å². The molecule has 0 atom stereocenters. The molecule has 0 aliphatic carbocycles. The fraction of sp³-hybridized carbons (Fsp3) is 0.0833. The lowest BCUT2D eigenvalue weighted by molar-refractivity contribution is 0.112. The van der Waals surface area contributed by atoms with E-state index in [1.54, 1.807) is 19.2 Å². The molecule has 0 heterocycles. The summed E-state index contributed by atoms with van der Waals surface area (Å²) in [5.74, 6) is 0.785. The first-order chi connectivity index (χ1) is 7.20. The first-order valence-electron chi connectivity index (χ1n) is 4.79. The molecule has 0 unspecified atom stereocenters. The van der Waals surface area contributed by atoms with Gasteiger partial charge in [-0.1, -0.05) is 18.2 Å². The van der Waals surface area contributed by atoms with E-state index in [-0.39, 0.29) is 0 Å². The van der Waals surface area contributed by atoms with Crippen molar-refractivity contribution >= 4 is 17.0 Å². The molecule has 2 nitrogen and oxygen atoms in total. The number of carbonyl (C=O) groups excluding carboxylic acids is 1. The summed E-state index contributed by atoms with van der Waals surface area (Å²) >= 11 is 0. The van der Waals surface area contributed by atoms with Crippen LogP contribution in [0.15, 0.2) is 36.4 Å². The minimum Gasteiger partial charge on any atom is -0.497 e. The number of benzene rings is 2. The van der Waals surface area contributed by atoms with Crippen LogP contribution in [0.2, 0.25) is 0 Å². The van der Waals surface area contributed by atoms with E-state index in [9.17, 15) is 4.79 Å². The highest BCUT2D eigenvalue weighted by Gasteiger charge is 1.97. The minimum absolute atomic E-state index is 0.410. The summed E-state index contributed by atoms with van der Waals surface area (Å²) in [6.07, 6.45) is -0.660. The smallest absolute Gasteiger partial charge is 0.150 e. The molecule has 0 aromatic heterocycles. The summed E-state index contributed by atoms with van der Waals surface area (Å²) < 4.78 is 12.1. The topological polar surface area (TPSA) is 26.3 Å². The minimum atomic E-state index is -0.660. The number of carbonyl (C=O) groups is 1. The van der Waals surface area contributed by atoms with Gasteiger partial charge in [0.15, 0.2) is 0 Å². The van der Waals surface area contributed by atoms with Crippen molar-refractivity contribution in [1.29, 1.82) is 0 Å². The number of methoxy groups -OCH3 is 1. The second-order valence-corrected chi connectivity index (χ2v) is 3.03. The average molecular weight is 187 g/mol. The van der Waals surface area contributed by atoms with Crippen LogP contribution in [0.3, 0.4) is 0 Å². The standard InChI is InChI=1S/C12H10O2/c1-14-12-5-4-10-6-9(8-13)2-3-11(10)7-12/h2-8H,1H3/i8D. The molecule has 0 aliphatic rings. The maximum absolute atomic E-state index is 10.9. The largest absolute Gasteiger partial charge is 0.497 e. The van der Waals surface area contributed by atoms with Gasteiger partial charge in [-0.2, -0.15) is 0 Å². The predicted octanol–water partition coefficient (Wildman–Crippen LogP) is 2.66. The van der Waals surface area contributed by atoms with E-state index < -0.39 is 6.26 Å². The third-order valence-corrected chi connectivity index (χ3v) is 2.17. The SMILES string of the molecule is [2H]C(=O)c1ccc2cc(OC)ccc2c1. The fourth-order valence-electron chi connectivity index (χ4n) is 1.41. The van der Waals surface area contributed by atoms with Gasteiger partial charge in [0.2, 0.25) is 0 Å². The molecule has 0 aliphatic heterocycles. The molecule has 2 aromatic carbocycles. The molecule has 0 bridgehead atoms. The lowest BCUT2D eigenvalue weighted by atomic mass is 10.1. The Balaban J connectivity index is 2.59. The van der Waals surface area contributed by atoms with Gasteiger partial charge in [0.25, 0.3) is 0 Å². The highest BCUT2D eigenvalue weighted by Crippen LogP contribution is 2.21. The molecule has 0 amide bonds. The maximum Gasteiger partial charge on any atom is 0.150 e. The van der Waals surface area contributed by atoms with Crippen molar-refractivity contribution in [2.24, 2.45) is 0 Å². The Morgan fingerprint density at radius 1 is 1.21 bits per heavy atom. The van der Waals surface area contributed by atoms with Crippen molar-refractivity contribution in [3.05, 3.63) is 42.0 Å². The highest BCUT2D eigenvalue weighted by atomic mass is 16.5. The van der Waals surface area contributed by atoms with Gasteiger partial charge in [0, 0.05) is 5.56 Å². The molecule has 0 saturated heterocycles. The Labute approximate surface area is 83.5 Å². The number of aldehydes is 1. The Hall–Kier alpha value is -1.83. The van der Waals surface area contributed by atoms with Crippen LogP contribution in [0.5, 0.6) is 5.75 Å². The third-order valence-electron chi connectivity index (χ3n) is 2.17. The van der Waals surface area contributed by atoms with Gasteiger partial charge in [-0.05, 0) is 29.0 Å². The molecular weight excluding hydrogens is 176 g/mol. The first kappa shape index (κ1) is 7.56. The molecule has 2 rings (SSSR count). The Morgan fingerprint density at radius 3 is 2.64 bits per heavy atom. The number of rotatable bonds is 2. The fourth-order valence-corrected chi connectivity index (χ4v) is 1.41. The molecular formula is C12H10O2. The molecule has 0 N–H and O–H groups in total. The zero-order chi connectivity index (χ0) is 10.8. The van der Waals surface area contributed by atoms with E-state index in [0.717, 1.165) is 16.5 Å². The molecule has 2 heteroatoms. The van der Waals surface area contributed by atoms with Gasteiger partial charge in [-0.25, -0.2) is 0 Å². The zero-order valence-corrected chi connectivity index (χ0v) is 7.78. The van der Waals surface area contributed by atoms with Crippen LogP contribution in [0, 0.1) is 0 Å². The number of hydrogen-bond donors (Lipinski definition) is 0. The Kier molecular flexibility index (Phi) is 1.89. The van der Waals surface area contributed by atoms with Crippen molar-refractivity contribution in [3.8, 4) is 5.75 Å². The summed E-state index contributed by atoms with van der Waals surface area (Å²) in [4.78, 5) is 10.9. The molecule has 0 saturated carbocycles. The van der Waals surface area contributed by atoms with E-state index in [1.165, 1.54) is 0 Å². The van der Waals surface area contributed by atoms with Gasteiger partial charge in [0.1, 0.15) is 13.4 Å². The molecule has 70 valence electrons. The van der Waals surface area contributed by atoms with Gasteiger partial charge in [-0.15, -0.1) is 0 Å². The molecule has 2 aromatic rings. The Bertz CT molecular complexity index is 520. The predicted molar refractivity (Wildman–Crippen MR) is 55.9 cm³/mol. The summed E-state index contributed by atoms with van der Waals surface area (Å²) in [6, 6.07) is 10.8. The van der Waals surface area contributed by atoms with E-state index in [4.69, 9.17) is 6.11 Å². The van der Waals surface area contributed by atoms with Crippen LogP contribution in [-0.4, -0.2) is 13.4 Å². The first-order valence-corrected chi connectivity index (χ1v) is 4.29. The van der Waals surface area contributed by atoms with Crippen LogP contribution in [0.4, 0.5) is 0 Å². The summed E-state index contributed by atoms with van der Waals surface area (Å²) in [6.45, 7) is 0. The lowest BCUT2D eigenvalue weighted by Crippen LogP contribution is -1.83. The van der Waals surface area contributed by atoms with E-state index in [0.29, 0.717) is 5.56 Å². The van der Waals surface area contributed by atoms with Crippen LogP contribution in [0.25, 0.3) is 10.8 Å². The summed E-state index contributed by atoms with van der Waals surface area (Å²) in [7, 11) is 1.61. The molecule has 0 radical (unpaired) electrons. The van der Waals surface area contributed by atoms with Crippen molar-refractivity contribution in [2.75, 3.05) is 7.11 Å². The number of hydrogen-bond acceptors (Lipinski definition) is 2. The van der Waals surface area contributed by atoms with Crippen LogP contribution in [-0.2, 0) is 0 Å². The number of ether oxygens (including phenoxy) is 1. The van der Waals surface area contributed by atoms with E-state index in [1.807, 2.05) is 24.3 Å². The average Bonchev–Trinajstić information content (AvgIpc) is 2.27. The van der Waals surface area contributed by atoms with Gasteiger partial charge >= 0.3 is 0 Å². The van der Waals surface area contributed by atoms with Crippen molar-refractivity contribution in [3.63, 3.8) is 0 Å². The van der Waals surface area contributed by atoms with E-state index >= 15 is 0 Å². The van der Waals surface area contributed by atoms with Crippen LogP contribution >= 0.6 is 0 Å². The van der Waals surface area contributed by atoms with Gasteiger partial charge < -0.3 is 4.74 Å². The third kappa shape index (κ3) is 1.46. The van der Waals surface area contributed by atoms with Crippen LogP contribution < -0.4 is 4.74 Å². The van der Waals surface area contributed by atoms with Gasteiger partial charge in [-0.3, -0.25) is 4.79 Å². The lowest BCUT2D eigenvalue weighted by Gasteiger charge is -2.02.